The topological polar surface area (TPSA) is 93.1 Å². The van der Waals surface area contributed by atoms with Gasteiger partial charge in [0.2, 0.25) is 10.0 Å². The summed E-state index contributed by atoms with van der Waals surface area (Å²) in [7, 11) is -4.22. The van der Waals surface area contributed by atoms with Gasteiger partial charge in [0, 0.05) is 0 Å². The zero-order valence-corrected chi connectivity index (χ0v) is 22.1. The van der Waals surface area contributed by atoms with Gasteiger partial charge in [-0.25, -0.2) is 8.42 Å². The fourth-order valence-electron chi connectivity index (χ4n) is 5.14. The van der Waals surface area contributed by atoms with E-state index in [2.05, 4.69) is 0 Å². The minimum absolute atomic E-state index is 0.000906. The van der Waals surface area contributed by atoms with Crippen LogP contribution in [0.25, 0.3) is 0 Å². The molecule has 0 saturated carbocycles. The third-order valence-corrected chi connectivity index (χ3v) is 8.90. The van der Waals surface area contributed by atoms with E-state index in [1.54, 1.807) is 68.4 Å². The number of esters is 1. The van der Waals surface area contributed by atoms with E-state index < -0.39 is 39.8 Å². The van der Waals surface area contributed by atoms with Crippen LogP contribution in [0.5, 0.6) is 0 Å². The number of rotatable bonds is 9. The van der Waals surface area contributed by atoms with Crippen molar-refractivity contribution in [3.05, 3.63) is 102 Å². The molecular formula is C29H33NO6S. The Balaban J connectivity index is 1.98. The number of hydrogen-bond acceptors (Lipinski definition) is 6. The van der Waals surface area contributed by atoms with E-state index in [1.165, 1.54) is 4.31 Å². The van der Waals surface area contributed by atoms with Crippen LogP contribution in [0, 0.1) is 6.92 Å². The highest BCUT2D eigenvalue weighted by Gasteiger charge is 2.65. The van der Waals surface area contributed by atoms with Crippen LogP contribution in [0.15, 0.2) is 89.8 Å². The van der Waals surface area contributed by atoms with Gasteiger partial charge in [-0.05, 0) is 43.5 Å². The molecule has 3 atom stereocenters. The van der Waals surface area contributed by atoms with E-state index >= 15 is 0 Å². The molecule has 0 aromatic heterocycles. The molecule has 3 aromatic rings. The van der Waals surface area contributed by atoms with Crippen LogP contribution in [0.3, 0.4) is 0 Å². The van der Waals surface area contributed by atoms with Crippen LogP contribution in [0.1, 0.15) is 49.4 Å². The van der Waals surface area contributed by atoms with E-state index in [9.17, 15) is 18.3 Å². The Morgan fingerprint density at radius 1 is 1.03 bits per heavy atom. The number of nitrogens with zero attached hydrogens (tertiary/aromatic N) is 1. The molecule has 0 bridgehead atoms. The molecular weight excluding hydrogens is 490 g/mol. The number of hydrogen-bond donors (Lipinski definition) is 1. The first-order valence-corrected chi connectivity index (χ1v) is 13.9. The highest BCUT2D eigenvalue weighted by atomic mass is 32.2. The molecule has 0 aliphatic carbocycles. The third kappa shape index (κ3) is 4.82. The molecule has 7 nitrogen and oxygen atoms in total. The molecule has 4 rings (SSSR count). The van der Waals surface area contributed by atoms with Crippen LogP contribution < -0.4 is 0 Å². The normalized spacial score (nSPS) is 21.9. The lowest BCUT2D eigenvalue weighted by Crippen LogP contribution is -2.62. The summed E-state index contributed by atoms with van der Waals surface area (Å²) in [5.74, 6) is -0.652. The summed E-state index contributed by atoms with van der Waals surface area (Å²) in [5, 5.41) is 12.5. The molecule has 1 aliphatic rings. The van der Waals surface area contributed by atoms with Crippen LogP contribution in [0.4, 0.5) is 0 Å². The number of sulfonamides is 1. The molecule has 196 valence electrons. The molecule has 1 heterocycles. The summed E-state index contributed by atoms with van der Waals surface area (Å²) >= 11 is 0. The van der Waals surface area contributed by atoms with Crippen molar-refractivity contribution < 1.29 is 27.8 Å². The summed E-state index contributed by atoms with van der Waals surface area (Å²) in [6.45, 7) is 5.44. The second-order valence-corrected chi connectivity index (χ2v) is 11.0. The lowest BCUT2D eigenvalue weighted by molar-refractivity contribution is -0.215. The highest BCUT2D eigenvalue weighted by Crippen LogP contribution is 2.53. The molecule has 0 radical (unpaired) electrons. The van der Waals surface area contributed by atoms with Crippen molar-refractivity contribution in [2.24, 2.45) is 0 Å². The van der Waals surface area contributed by atoms with Crippen molar-refractivity contribution in [2.45, 2.75) is 55.9 Å². The summed E-state index contributed by atoms with van der Waals surface area (Å²) in [6.07, 6.45) is -0.410. The van der Waals surface area contributed by atoms with Crippen molar-refractivity contribution in [1.29, 1.82) is 0 Å². The average molecular weight is 524 g/mol. The summed E-state index contributed by atoms with van der Waals surface area (Å²) in [4.78, 5) is 12.9. The summed E-state index contributed by atoms with van der Waals surface area (Å²) in [5.41, 5.74) is -1.84. The Bertz CT molecular complexity index is 1310. The van der Waals surface area contributed by atoms with E-state index in [4.69, 9.17) is 9.47 Å². The average Bonchev–Trinajstić information content (AvgIpc) is 3.32. The monoisotopic (exact) mass is 523 g/mol. The van der Waals surface area contributed by atoms with Crippen LogP contribution >= 0.6 is 0 Å². The zero-order chi connectivity index (χ0) is 26.7. The van der Waals surface area contributed by atoms with Crippen molar-refractivity contribution in [3.63, 3.8) is 0 Å². The summed E-state index contributed by atoms with van der Waals surface area (Å²) in [6, 6.07) is 23.6. The number of benzene rings is 3. The quantitative estimate of drug-likeness (QED) is 0.409. The molecule has 0 amide bonds. The van der Waals surface area contributed by atoms with E-state index in [0.717, 1.165) is 11.1 Å². The molecule has 0 spiro atoms. The molecule has 3 aromatic carbocycles. The van der Waals surface area contributed by atoms with E-state index in [-0.39, 0.29) is 24.5 Å². The predicted octanol–water partition coefficient (Wildman–Crippen LogP) is 4.70. The Kier molecular flexibility index (Phi) is 7.85. The standard InChI is InChI=1S/C29H33NO6S/c1-4-29(28(32,20-27(31)35-5-2)24-14-10-7-11-15-24)30(26(21-36-29)23-12-8-6-9-13-23)37(33,34)25-18-16-22(3)17-19-25/h6-19,26,32H,4-5,20-21H2,1-3H3/t26-,28+,29-/m0/s1. The molecule has 1 N–H and O–H groups in total. The number of aryl methyl sites for hydroxylation is 1. The minimum Gasteiger partial charge on any atom is -0.466 e. The molecule has 37 heavy (non-hydrogen) atoms. The van der Waals surface area contributed by atoms with Crippen LogP contribution in [-0.2, 0) is 29.9 Å². The van der Waals surface area contributed by atoms with Gasteiger partial charge in [0.25, 0.3) is 0 Å². The molecule has 1 fully saturated rings. The number of aliphatic hydroxyl groups is 1. The number of carbonyl (C=O) groups excluding carboxylic acids is 1. The van der Waals surface area contributed by atoms with Crippen LogP contribution in [-0.4, -0.2) is 42.7 Å². The Morgan fingerprint density at radius 2 is 1.62 bits per heavy atom. The van der Waals surface area contributed by atoms with E-state index in [0.29, 0.717) is 5.56 Å². The van der Waals surface area contributed by atoms with Gasteiger partial charge in [0.05, 0.1) is 30.6 Å². The van der Waals surface area contributed by atoms with Gasteiger partial charge in [-0.2, -0.15) is 4.31 Å². The predicted molar refractivity (Wildman–Crippen MR) is 140 cm³/mol. The van der Waals surface area contributed by atoms with Crippen molar-refractivity contribution in [2.75, 3.05) is 13.2 Å². The Morgan fingerprint density at radius 3 is 2.19 bits per heavy atom. The minimum atomic E-state index is -4.22. The lowest BCUT2D eigenvalue weighted by atomic mass is 9.78. The lowest BCUT2D eigenvalue weighted by Gasteiger charge is -2.48. The zero-order valence-electron chi connectivity index (χ0n) is 21.3. The second-order valence-electron chi connectivity index (χ2n) is 9.20. The third-order valence-electron chi connectivity index (χ3n) is 6.96. The first-order valence-electron chi connectivity index (χ1n) is 12.4. The fourth-order valence-corrected chi connectivity index (χ4v) is 7.09. The molecule has 8 heteroatoms. The van der Waals surface area contributed by atoms with Gasteiger partial charge in [-0.15, -0.1) is 0 Å². The van der Waals surface area contributed by atoms with Crippen molar-refractivity contribution >= 4 is 16.0 Å². The first-order chi connectivity index (χ1) is 17.7. The number of ether oxygens (including phenoxy) is 2. The highest BCUT2D eigenvalue weighted by molar-refractivity contribution is 7.89. The van der Waals surface area contributed by atoms with Gasteiger partial charge in [0.15, 0.2) is 5.72 Å². The maximum Gasteiger partial charge on any atom is 0.309 e. The summed E-state index contributed by atoms with van der Waals surface area (Å²) < 4.78 is 41.7. The van der Waals surface area contributed by atoms with Crippen molar-refractivity contribution in [1.82, 2.24) is 4.31 Å². The first kappa shape index (κ1) is 27.0. The van der Waals surface area contributed by atoms with Gasteiger partial charge in [0.1, 0.15) is 5.60 Å². The molecule has 1 saturated heterocycles. The van der Waals surface area contributed by atoms with Crippen molar-refractivity contribution in [3.8, 4) is 0 Å². The fraction of sp³-hybridized carbons (Fsp3) is 0.345. The SMILES string of the molecule is CCOC(=O)C[C@@](O)(c1ccccc1)[C@]1(CC)OC[C@@H](c2ccccc2)N1S(=O)(=O)c1ccc(C)cc1. The maximum atomic E-state index is 14.4. The molecule has 1 aliphatic heterocycles. The Hall–Kier alpha value is -3.04. The Labute approximate surface area is 218 Å². The molecule has 0 unspecified atom stereocenters. The maximum absolute atomic E-state index is 14.4. The second kappa shape index (κ2) is 10.8. The van der Waals surface area contributed by atoms with E-state index in [1.807, 2.05) is 37.3 Å². The van der Waals surface area contributed by atoms with Gasteiger partial charge >= 0.3 is 5.97 Å². The van der Waals surface area contributed by atoms with Gasteiger partial charge in [-0.3, -0.25) is 4.79 Å². The van der Waals surface area contributed by atoms with Crippen LogP contribution in [0.2, 0.25) is 0 Å². The van der Waals surface area contributed by atoms with Gasteiger partial charge in [-0.1, -0.05) is 85.3 Å². The largest absolute Gasteiger partial charge is 0.466 e. The number of carbonyl (C=O) groups is 1. The van der Waals surface area contributed by atoms with Gasteiger partial charge < -0.3 is 14.6 Å². The smallest absolute Gasteiger partial charge is 0.309 e.